The summed E-state index contributed by atoms with van der Waals surface area (Å²) in [6, 6.07) is 5.74. The Morgan fingerprint density at radius 3 is 2.96 bits per heavy atom. The molecular formula is C17H23ClN4OS. The van der Waals surface area contributed by atoms with E-state index in [0.717, 1.165) is 28.9 Å². The Kier molecular flexibility index (Phi) is 6.03. The number of amides is 1. The zero-order valence-corrected chi connectivity index (χ0v) is 15.5. The highest BCUT2D eigenvalue weighted by Crippen LogP contribution is 2.26. The van der Waals surface area contributed by atoms with Crippen LogP contribution in [0, 0.1) is 0 Å². The minimum absolute atomic E-state index is 0.0484. The van der Waals surface area contributed by atoms with Crippen LogP contribution in [0.2, 0.25) is 5.02 Å². The zero-order valence-electron chi connectivity index (χ0n) is 13.9. The number of benzene rings is 1. The molecule has 1 aliphatic rings. The van der Waals surface area contributed by atoms with Gasteiger partial charge in [0.25, 0.3) is 0 Å². The molecule has 7 heteroatoms. The van der Waals surface area contributed by atoms with Gasteiger partial charge in [0.15, 0.2) is 0 Å². The number of likely N-dealkylation sites (tertiary alicyclic amines) is 1. The standard InChI is InChI=1S/C17H23ClN4OS/c1-21-15-6-4-5-13(18)17(15)14(20-21)11-19-16(23)12-24-10-9-22-7-2-3-8-22/h4-6H,2-3,7-12H2,1H3,(H,19,23). The number of aromatic nitrogens is 2. The Balaban J connectivity index is 1.46. The molecule has 1 aromatic carbocycles. The quantitative estimate of drug-likeness (QED) is 0.765. The minimum Gasteiger partial charge on any atom is -0.350 e. The number of carbonyl (C=O) groups excluding carboxylic acids is 1. The van der Waals surface area contributed by atoms with Crippen molar-refractivity contribution in [1.82, 2.24) is 20.0 Å². The van der Waals surface area contributed by atoms with Crippen molar-refractivity contribution in [2.45, 2.75) is 19.4 Å². The highest BCUT2D eigenvalue weighted by atomic mass is 35.5. The molecule has 0 unspecified atom stereocenters. The van der Waals surface area contributed by atoms with Crippen LogP contribution in [0.5, 0.6) is 0 Å². The molecule has 5 nitrogen and oxygen atoms in total. The normalized spacial score (nSPS) is 15.2. The second-order valence-electron chi connectivity index (χ2n) is 6.08. The van der Waals surface area contributed by atoms with Gasteiger partial charge in [0.2, 0.25) is 5.91 Å². The molecule has 2 aromatic rings. The van der Waals surface area contributed by atoms with Gasteiger partial charge in [-0.15, -0.1) is 0 Å². The molecule has 3 rings (SSSR count). The Morgan fingerprint density at radius 1 is 1.38 bits per heavy atom. The number of carbonyl (C=O) groups is 1. The summed E-state index contributed by atoms with van der Waals surface area (Å²) in [6.45, 7) is 3.91. The number of halogens is 1. The Bertz CT molecular complexity index is 712. The van der Waals surface area contributed by atoms with Crippen LogP contribution in [0.1, 0.15) is 18.5 Å². The van der Waals surface area contributed by atoms with Crippen LogP contribution in [-0.4, -0.2) is 51.7 Å². The van der Waals surface area contributed by atoms with Gasteiger partial charge in [0.1, 0.15) is 0 Å². The van der Waals surface area contributed by atoms with Crippen LogP contribution >= 0.6 is 23.4 Å². The Hall–Kier alpha value is -1.24. The van der Waals surface area contributed by atoms with E-state index in [-0.39, 0.29) is 5.91 Å². The molecule has 1 aromatic heterocycles. The molecule has 0 atom stereocenters. The fraction of sp³-hybridized carbons (Fsp3) is 0.529. The van der Waals surface area contributed by atoms with E-state index in [9.17, 15) is 4.79 Å². The van der Waals surface area contributed by atoms with Gasteiger partial charge >= 0.3 is 0 Å². The van der Waals surface area contributed by atoms with E-state index >= 15 is 0 Å². The average Bonchev–Trinajstić information content (AvgIpc) is 3.19. The molecule has 0 spiro atoms. The molecule has 24 heavy (non-hydrogen) atoms. The van der Waals surface area contributed by atoms with Gasteiger partial charge in [-0.05, 0) is 38.1 Å². The molecule has 130 valence electrons. The first-order valence-corrected chi connectivity index (χ1v) is 9.85. The van der Waals surface area contributed by atoms with Crippen molar-refractivity contribution >= 4 is 40.2 Å². The summed E-state index contributed by atoms with van der Waals surface area (Å²) in [5.74, 6) is 1.55. The maximum atomic E-state index is 12.0. The predicted octanol–water partition coefficient (Wildman–Crippen LogP) is 2.67. The zero-order chi connectivity index (χ0) is 16.9. The molecule has 0 aliphatic carbocycles. The van der Waals surface area contributed by atoms with E-state index in [0.29, 0.717) is 17.3 Å². The fourth-order valence-electron chi connectivity index (χ4n) is 3.07. The van der Waals surface area contributed by atoms with Gasteiger partial charge in [-0.3, -0.25) is 9.48 Å². The maximum Gasteiger partial charge on any atom is 0.230 e. The first-order chi connectivity index (χ1) is 11.6. The molecule has 1 amide bonds. The predicted molar refractivity (Wildman–Crippen MR) is 101 cm³/mol. The Morgan fingerprint density at radius 2 is 2.17 bits per heavy atom. The highest BCUT2D eigenvalue weighted by molar-refractivity contribution is 7.99. The number of thioether (sulfide) groups is 1. The molecule has 1 saturated heterocycles. The van der Waals surface area contributed by atoms with Gasteiger partial charge in [0.05, 0.1) is 28.5 Å². The molecular weight excluding hydrogens is 344 g/mol. The molecule has 1 fully saturated rings. The van der Waals surface area contributed by atoms with Crippen LogP contribution in [0.3, 0.4) is 0 Å². The third kappa shape index (κ3) is 4.23. The number of nitrogens with zero attached hydrogens (tertiary/aromatic N) is 3. The molecule has 2 heterocycles. The first-order valence-electron chi connectivity index (χ1n) is 8.32. The number of fused-ring (bicyclic) bond motifs is 1. The third-order valence-corrected chi connectivity index (χ3v) is 5.59. The summed E-state index contributed by atoms with van der Waals surface area (Å²) >= 11 is 7.97. The van der Waals surface area contributed by atoms with Crippen LogP contribution in [-0.2, 0) is 18.4 Å². The van der Waals surface area contributed by atoms with E-state index in [4.69, 9.17) is 11.6 Å². The average molecular weight is 367 g/mol. The minimum atomic E-state index is 0.0484. The summed E-state index contributed by atoms with van der Waals surface area (Å²) < 4.78 is 1.80. The third-order valence-electron chi connectivity index (χ3n) is 4.34. The van der Waals surface area contributed by atoms with E-state index in [1.165, 1.54) is 25.9 Å². The van der Waals surface area contributed by atoms with Crippen molar-refractivity contribution < 1.29 is 4.79 Å². The van der Waals surface area contributed by atoms with E-state index < -0.39 is 0 Å². The summed E-state index contributed by atoms with van der Waals surface area (Å²) in [6.07, 6.45) is 2.62. The van der Waals surface area contributed by atoms with Crippen molar-refractivity contribution in [3.8, 4) is 0 Å². The lowest BCUT2D eigenvalue weighted by molar-refractivity contribution is -0.118. The maximum absolute atomic E-state index is 12.0. The number of hydrogen-bond acceptors (Lipinski definition) is 4. The second-order valence-corrected chi connectivity index (χ2v) is 7.59. The summed E-state index contributed by atoms with van der Waals surface area (Å²) in [5.41, 5.74) is 1.79. The smallest absolute Gasteiger partial charge is 0.230 e. The number of nitrogens with one attached hydrogen (secondary N) is 1. The van der Waals surface area contributed by atoms with Gasteiger partial charge in [-0.1, -0.05) is 17.7 Å². The highest BCUT2D eigenvalue weighted by Gasteiger charge is 2.13. The lowest BCUT2D eigenvalue weighted by Crippen LogP contribution is -2.26. The molecule has 1 aliphatic heterocycles. The van der Waals surface area contributed by atoms with Crippen molar-refractivity contribution in [2.75, 3.05) is 31.1 Å². The van der Waals surface area contributed by atoms with Crippen molar-refractivity contribution in [3.05, 3.63) is 28.9 Å². The van der Waals surface area contributed by atoms with Gasteiger partial charge in [0, 0.05) is 24.7 Å². The SMILES string of the molecule is Cn1nc(CNC(=O)CSCCN2CCCC2)c2c(Cl)cccc21. The van der Waals surface area contributed by atoms with Crippen LogP contribution < -0.4 is 5.32 Å². The Labute approximate surface area is 151 Å². The molecule has 1 N–H and O–H groups in total. The number of rotatable bonds is 7. The number of aryl methyl sites for hydroxylation is 1. The van der Waals surface area contributed by atoms with E-state index in [1.807, 2.05) is 25.2 Å². The topological polar surface area (TPSA) is 50.2 Å². The lowest BCUT2D eigenvalue weighted by atomic mass is 10.2. The fourth-order valence-corrected chi connectivity index (χ4v) is 4.17. The van der Waals surface area contributed by atoms with Crippen LogP contribution in [0.25, 0.3) is 10.9 Å². The van der Waals surface area contributed by atoms with Crippen LogP contribution in [0.4, 0.5) is 0 Å². The number of hydrogen-bond donors (Lipinski definition) is 1. The summed E-state index contributed by atoms with van der Waals surface area (Å²) in [4.78, 5) is 14.5. The largest absolute Gasteiger partial charge is 0.350 e. The van der Waals surface area contributed by atoms with Gasteiger partial charge in [-0.2, -0.15) is 16.9 Å². The monoisotopic (exact) mass is 366 g/mol. The van der Waals surface area contributed by atoms with Crippen molar-refractivity contribution in [3.63, 3.8) is 0 Å². The lowest BCUT2D eigenvalue weighted by Gasteiger charge is -2.13. The van der Waals surface area contributed by atoms with E-state index in [2.05, 4.69) is 15.3 Å². The molecule has 0 radical (unpaired) electrons. The molecule has 0 saturated carbocycles. The van der Waals surface area contributed by atoms with Gasteiger partial charge in [-0.25, -0.2) is 0 Å². The van der Waals surface area contributed by atoms with E-state index in [1.54, 1.807) is 16.4 Å². The first kappa shape index (κ1) is 17.6. The molecule has 0 bridgehead atoms. The van der Waals surface area contributed by atoms with Crippen molar-refractivity contribution in [2.24, 2.45) is 7.05 Å². The van der Waals surface area contributed by atoms with Crippen molar-refractivity contribution in [1.29, 1.82) is 0 Å². The van der Waals surface area contributed by atoms with Gasteiger partial charge < -0.3 is 10.2 Å². The summed E-state index contributed by atoms with van der Waals surface area (Å²) in [7, 11) is 1.89. The second kappa shape index (κ2) is 8.23. The summed E-state index contributed by atoms with van der Waals surface area (Å²) in [5, 5.41) is 9.02. The van der Waals surface area contributed by atoms with Crippen LogP contribution in [0.15, 0.2) is 18.2 Å².